The SMILES string of the molecule is C[C@@H](NC(=O)c1ccc(N2CCN(C)CC2)c(S(N)(=O)=O)c1)c1ccccc1. The lowest BCUT2D eigenvalue weighted by Gasteiger charge is -2.35. The van der Waals surface area contributed by atoms with Gasteiger partial charge in [-0.15, -0.1) is 0 Å². The molecule has 0 bridgehead atoms. The van der Waals surface area contributed by atoms with E-state index in [1.165, 1.54) is 6.07 Å². The van der Waals surface area contributed by atoms with Crippen LogP contribution < -0.4 is 15.4 Å². The monoisotopic (exact) mass is 402 g/mol. The van der Waals surface area contributed by atoms with Crippen LogP contribution in [0.4, 0.5) is 5.69 Å². The quantitative estimate of drug-likeness (QED) is 0.792. The van der Waals surface area contributed by atoms with Crippen LogP contribution in [0.2, 0.25) is 0 Å². The van der Waals surface area contributed by atoms with E-state index in [0.717, 1.165) is 18.7 Å². The van der Waals surface area contributed by atoms with Crippen molar-refractivity contribution < 1.29 is 13.2 Å². The molecule has 3 N–H and O–H groups in total. The Bertz CT molecular complexity index is 939. The van der Waals surface area contributed by atoms with Crippen LogP contribution >= 0.6 is 0 Å². The van der Waals surface area contributed by atoms with Gasteiger partial charge in [0.2, 0.25) is 10.0 Å². The Morgan fingerprint density at radius 2 is 1.71 bits per heavy atom. The Balaban J connectivity index is 1.85. The molecular formula is C20H26N4O3S. The first-order valence-electron chi connectivity index (χ1n) is 9.22. The molecule has 0 aromatic heterocycles. The number of likely N-dealkylation sites (N-methyl/N-ethyl adjacent to an activating group) is 1. The molecule has 0 unspecified atom stereocenters. The molecule has 2 aromatic carbocycles. The van der Waals surface area contributed by atoms with E-state index in [4.69, 9.17) is 5.14 Å². The normalized spacial score (nSPS) is 16.6. The van der Waals surface area contributed by atoms with Crippen molar-refractivity contribution in [3.8, 4) is 0 Å². The maximum Gasteiger partial charge on any atom is 0.251 e. The van der Waals surface area contributed by atoms with Crippen molar-refractivity contribution in [2.45, 2.75) is 17.9 Å². The lowest BCUT2D eigenvalue weighted by molar-refractivity contribution is 0.0939. The van der Waals surface area contributed by atoms with E-state index in [1.807, 2.05) is 49.2 Å². The summed E-state index contributed by atoms with van der Waals surface area (Å²) in [5.74, 6) is -0.341. The number of nitrogens with two attached hydrogens (primary N) is 1. The molecule has 3 rings (SSSR count). The molecule has 1 amide bonds. The van der Waals surface area contributed by atoms with Crippen LogP contribution in [0.3, 0.4) is 0 Å². The van der Waals surface area contributed by atoms with Gasteiger partial charge in [0.05, 0.1) is 11.7 Å². The summed E-state index contributed by atoms with van der Waals surface area (Å²) in [6.45, 7) is 4.96. The molecule has 0 aliphatic carbocycles. The summed E-state index contributed by atoms with van der Waals surface area (Å²) in [5.41, 5.74) is 1.78. The van der Waals surface area contributed by atoms with E-state index < -0.39 is 10.0 Å². The van der Waals surface area contributed by atoms with Crippen LogP contribution in [-0.4, -0.2) is 52.5 Å². The third kappa shape index (κ3) is 4.70. The number of carbonyl (C=O) groups is 1. The zero-order chi connectivity index (χ0) is 20.3. The first kappa shape index (κ1) is 20.3. The summed E-state index contributed by atoms with van der Waals surface area (Å²) in [7, 11) is -1.94. The molecule has 8 heteroatoms. The Hall–Kier alpha value is -2.42. The zero-order valence-electron chi connectivity index (χ0n) is 16.1. The van der Waals surface area contributed by atoms with Gasteiger partial charge in [-0.3, -0.25) is 4.79 Å². The number of hydrogen-bond donors (Lipinski definition) is 2. The van der Waals surface area contributed by atoms with Crippen LogP contribution in [-0.2, 0) is 10.0 Å². The summed E-state index contributed by atoms with van der Waals surface area (Å²) in [5, 5.41) is 8.36. The average molecular weight is 403 g/mol. The maximum absolute atomic E-state index is 12.7. The molecule has 28 heavy (non-hydrogen) atoms. The lowest BCUT2D eigenvalue weighted by Crippen LogP contribution is -2.45. The van der Waals surface area contributed by atoms with Crippen LogP contribution in [0.15, 0.2) is 53.4 Å². The molecule has 1 saturated heterocycles. The van der Waals surface area contributed by atoms with Gasteiger partial charge in [0.25, 0.3) is 5.91 Å². The fraction of sp³-hybridized carbons (Fsp3) is 0.350. The van der Waals surface area contributed by atoms with E-state index in [-0.39, 0.29) is 22.4 Å². The van der Waals surface area contributed by atoms with Gasteiger partial charge < -0.3 is 15.1 Å². The van der Waals surface area contributed by atoms with Gasteiger partial charge in [0.15, 0.2) is 0 Å². The Morgan fingerprint density at radius 3 is 2.32 bits per heavy atom. The average Bonchev–Trinajstić information content (AvgIpc) is 2.68. The van der Waals surface area contributed by atoms with E-state index in [9.17, 15) is 13.2 Å². The highest BCUT2D eigenvalue weighted by molar-refractivity contribution is 7.89. The summed E-state index contributed by atoms with van der Waals surface area (Å²) in [6.07, 6.45) is 0. The Kier molecular flexibility index (Phi) is 6.02. The number of hydrogen-bond acceptors (Lipinski definition) is 5. The first-order chi connectivity index (χ1) is 13.3. The Morgan fingerprint density at radius 1 is 1.07 bits per heavy atom. The number of rotatable bonds is 5. The fourth-order valence-electron chi connectivity index (χ4n) is 3.30. The maximum atomic E-state index is 12.7. The highest BCUT2D eigenvalue weighted by atomic mass is 32.2. The number of benzene rings is 2. The topological polar surface area (TPSA) is 95.7 Å². The second-order valence-electron chi connectivity index (χ2n) is 7.12. The van der Waals surface area contributed by atoms with E-state index in [1.54, 1.807) is 12.1 Å². The minimum atomic E-state index is -3.97. The highest BCUT2D eigenvalue weighted by Gasteiger charge is 2.23. The van der Waals surface area contributed by atoms with Crippen molar-refractivity contribution >= 4 is 21.6 Å². The second kappa shape index (κ2) is 8.30. The molecule has 1 heterocycles. The molecule has 150 valence electrons. The lowest BCUT2D eigenvalue weighted by atomic mass is 10.1. The molecule has 2 aromatic rings. The predicted molar refractivity (Wildman–Crippen MR) is 110 cm³/mol. The largest absolute Gasteiger partial charge is 0.368 e. The number of sulfonamides is 1. The van der Waals surface area contributed by atoms with Gasteiger partial charge in [0.1, 0.15) is 4.90 Å². The van der Waals surface area contributed by atoms with Crippen molar-refractivity contribution in [2.24, 2.45) is 5.14 Å². The molecule has 1 fully saturated rings. The van der Waals surface area contributed by atoms with E-state index in [0.29, 0.717) is 18.8 Å². The van der Waals surface area contributed by atoms with Gasteiger partial charge in [-0.25, -0.2) is 13.6 Å². The van der Waals surface area contributed by atoms with Crippen molar-refractivity contribution in [2.75, 3.05) is 38.1 Å². The number of nitrogens with zero attached hydrogens (tertiary/aromatic N) is 2. The molecule has 7 nitrogen and oxygen atoms in total. The van der Waals surface area contributed by atoms with Crippen molar-refractivity contribution in [1.82, 2.24) is 10.2 Å². The second-order valence-corrected chi connectivity index (χ2v) is 8.65. The molecular weight excluding hydrogens is 376 g/mol. The van der Waals surface area contributed by atoms with Crippen LogP contribution in [0, 0.1) is 0 Å². The van der Waals surface area contributed by atoms with Crippen molar-refractivity contribution in [3.63, 3.8) is 0 Å². The molecule has 1 aliphatic rings. The summed E-state index contributed by atoms with van der Waals surface area (Å²) < 4.78 is 24.4. The van der Waals surface area contributed by atoms with Crippen LogP contribution in [0.25, 0.3) is 0 Å². The number of carbonyl (C=O) groups excluding carboxylic acids is 1. The summed E-state index contributed by atoms with van der Waals surface area (Å²) >= 11 is 0. The molecule has 0 spiro atoms. The Labute approximate surface area is 166 Å². The summed E-state index contributed by atoms with van der Waals surface area (Å²) in [4.78, 5) is 16.8. The van der Waals surface area contributed by atoms with E-state index in [2.05, 4.69) is 10.2 Å². The van der Waals surface area contributed by atoms with Crippen LogP contribution in [0.1, 0.15) is 28.9 Å². The standard InChI is InChI=1S/C20H26N4O3S/c1-15(16-6-4-3-5-7-16)22-20(25)17-8-9-18(19(14-17)28(21,26)27)24-12-10-23(2)11-13-24/h3-9,14-15H,10-13H2,1-2H3,(H,22,25)(H2,21,26,27)/t15-/m1/s1. The fourth-order valence-corrected chi connectivity index (χ4v) is 4.08. The number of piperazine rings is 1. The van der Waals surface area contributed by atoms with Gasteiger partial charge in [-0.1, -0.05) is 30.3 Å². The number of anilines is 1. The number of amides is 1. The minimum Gasteiger partial charge on any atom is -0.368 e. The van der Waals surface area contributed by atoms with Gasteiger partial charge in [-0.2, -0.15) is 0 Å². The third-order valence-electron chi connectivity index (χ3n) is 5.02. The number of primary sulfonamides is 1. The smallest absolute Gasteiger partial charge is 0.251 e. The van der Waals surface area contributed by atoms with Crippen molar-refractivity contribution in [3.05, 3.63) is 59.7 Å². The van der Waals surface area contributed by atoms with Crippen molar-refractivity contribution in [1.29, 1.82) is 0 Å². The van der Waals surface area contributed by atoms with Gasteiger partial charge in [0, 0.05) is 31.7 Å². The predicted octanol–water partition coefficient (Wildman–Crippen LogP) is 1.58. The van der Waals surface area contributed by atoms with Crippen LogP contribution in [0.5, 0.6) is 0 Å². The highest BCUT2D eigenvalue weighted by Crippen LogP contribution is 2.27. The minimum absolute atomic E-state index is 0.0166. The zero-order valence-corrected chi connectivity index (χ0v) is 16.9. The van der Waals surface area contributed by atoms with E-state index >= 15 is 0 Å². The molecule has 1 aliphatic heterocycles. The number of nitrogens with one attached hydrogen (secondary N) is 1. The molecule has 1 atom stereocenters. The first-order valence-corrected chi connectivity index (χ1v) is 10.8. The molecule has 0 radical (unpaired) electrons. The summed E-state index contributed by atoms with van der Waals surface area (Å²) in [6, 6.07) is 14.1. The molecule has 0 saturated carbocycles. The van der Waals surface area contributed by atoms with Gasteiger partial charge in [-0.05, 0) is 37.7 Å². The van der Waals surface area contributed by atoms with Gasteiger partial charge >= 0.3 is 0 Å². The third-order valence-corrected chi connectivity index (χ3v) is 5.96.